The molecule has 1 atom stereocenters. The van der Waals surface area contributed by atoms with Gasteiger partial charge in [0.25, 0.3) is 0 Å². The molecule has 0 spiro atoms. The largest absolute Gasteiger partial charge is 0.316 e. The van der Waals surface area contributed by atoms with Crippen LogP contribution in [-0.4, -0.2) is 5.91 Å². The van der Waals surface area contributed by atoms with E-state index in [1.165, 1.54) is 16.9 Å². The Morgan fingerprint density at radius 2 is 2.00 bits per heavy atom. The third-order valence-electron chi connectivity index (χ3n) is 4.66. The van der Waals surface area contributed by atoms with Crippen LogP contribution in [0.4, 0.5) is 5.00 Å². The second-order valence-corrected chi connectivity index (χ2v) is 8.97. The highest BCUT2D eigenvalue weighted by molar-refractivity contribution is 7.16. The molecule has 1 aliphatic carbocycles. The van der Waals surface area contributed by atoms with E-state index in [2.05, 4.69) is 32.2 Å². The quantitative estimate of drug-likeness (QED) is 0.811. The first-order valence-electron chi connectivity index (χ1n) is 8.64. The van der Waals surface area contributed by atoms with Gasteiger partial charge in [0.1, 0.15) is 11.1 Å². The molecule has 0 aromatic carbocycles. The Hall–Kier alpha value is -1.34. The molecule has 1 aromatic rings. The average Bonchev–Trinajstić information content (AvgIpc) is 2.94. The van der Waals surface area contributed by atoms with Gasteiger partial charge in [-0.05, 0) is 49.0 Å². The Labute approximate surface area is 144 Å². The first-order chi connectivity index (χ1) is 10.8. The van der Waals surface area contributed by atoms with Crippen molar-refractivity contribution in [3.63, 3.8) is 0 Å². The highest BCUT2D eigenvalue weighted by Gasteiger charge is 2.31. The number of carbonyl (C=O) groups is 1. The zero-order valence-electron chi connectivity index (χ0n) is 15.0. The first-order valence-corrected chi connectivity index (χ1v) is 9.46. The molecule has 1 aromatic heterocycles. The van der Waals surface area contributed by atoms with Crippen LogP contribution in [0.25, 0.3) is 0 Å². The van der Waals surface area contributed by atoms with Gasteiger partial charge < -0.3 is 5.32 Å². The van der Waals surface area contributed by atoms with Gasteiger partial charge in [-0.25, -0.2) is 0 Å². The van der Waals surface area contributed by atoms with E-state index in [0.29, 0.717) is 16.9 Å². The van der Waals surface area contributed by atoms with E-state index in [-0.39, 0.29) is 11.8 Å². The molecular formula is C19H28N2OS. The Bertz CT molecular complexity index is 615. The molecule has 0 saturated heterocycles. The number of nitriles is 1. The van der Waals surface area contributed by atoms with E-state index in [4.69, 9.17) is 0 Å². The van der Waals surface area contributed by atoms with Crippen LogP contribution in [0.5, 0.6) is 0 Å². The molecule has 2 rings (SSSR count). The third-order valence-corrected chi connectivity index (χ3v) is 5.83. The number of carbonyl (C=O) groups excluding carboxylic acids is 1. The highest BCUT2D eigenvalue weighted by atomic mass is 32.1. The van der Waals surface area contributed by atoms with E-state index in [1.807, 2.05) is 13.8 Å². The lowest BCUT2D eigenvalue weighted by Gasteiger charge is -2.22. The number of nitrogens with one attached hydrogen (secondary N) is 1. The molecule has 0 fully saturated rings. The molecule has 0 saturated carbocycles. The molecule has 1 unspecified atom stereocenters. The van der Waals surface area contributed by atoms with Crippen LogP contribution in [0.15, 0.2) is 0 Å². The van der Waals surface area contributed by atoms with Crippen LogP contribution in [0.3, 0.4) is 0 Å². The lowest BCUT2D eigenvalue weighted by Crippen LogP contribution is -2.21. The maximum atomic E-state index is 12.3. The summed E-state index contributed by atoms with van der Waals surface area (Å²) in [5.41, 5.74) is 2.21. The van der Waals surface area contributed by atoms with Gasteiger partial charge in [0.05, 0.1) is 5.56 Å². The Kier molecular flexibility index (Phi) is 5.52. The van der Waals surface area contributed by atoms with Gasteiger partial charge in [0.15, 0.2) is 0 Å². The lowest BCUT2D eigenvalue weighted by molar-refractivity contribution is -0.120. The summed E-state index contributed by atoms with van der Waals surface area (Å²) in [7, 11) is 0. The van der Waals surface area contributed by atoms with Crippen molar-refractivity contribution in [1.82, 2.24) is 0 Å². The zero-order valence-corrected chi connectivity index (χ0v) is 15.8. The molecule has 0 radical (unpaired) electrons. The predicted molar refractivity (Wildman–Crippen MR) is 96.7 cm³/mol. The summed E-state index contributed by atoms with van der Waals surface area (Å²) < 4.78 is 0. The molecular weight excluding hydrogens is 304 g/mol. The van der Waals surface area contributed by atoms with Gasteiger partial charge in [-0.3, -0.25) is 4.79 Å². The molecule has 1 heterocycles. The molecule has 0 aliphatic heterocycles. The lowest BCUT2D eigenvalue weighted by atomic mass is 9.83. The fourth-order valence-corrected chi connectivity index (χ4v) is 4.90. The van der Waals surface area contributed by atoms with Crippen LogP contribution in [0.1, 0.15) is 69.9 Å². The van der Waals surface area contributed by atoms with Crippen molar-refractivity contribution in [1.29, 1.82) is 5.26 Å². The normalized spacial score (nSPS) is 17.2. The molecule has 23 heavy (non-hydrogen) atoms. The van der Waals surface area contributed by atoms with Crippen molar-refractivity contribution >= 4 is 22.2 Å². The molecule has 0 bridgehead atoms. The molecule has 3 nitrogen and oxygen atoms in total. The summed E-state index contributed by atoms with van der Waals surface area (Å²) in [6.07, 6.45) is 4.88. The molecule has 1 amide bonds. The maximum Gasteiger partial charge on any atom is 0.228 e. The van der Waals surface area contributed by atoms with Gasteiger partial charge in [-0.15, -0.1) is 11.3 Å². The Morgan fingerprint density at radius 1 is 1.35 bits per heavy atom. The van der Waals surface area contributed by atoms with Crippen molar-refractivity contribution in [2.24, 2.45) is 17.3 Å². The monoisotopic (exact) mass is 332 g/mol. The Balaban J connectivity index is 2.15. The van der Waals surface area contributed by atoms with Gasteiger partial charge in [-0.2, -0.15) is 5.26 Å². The van der Waals surface area contributed by atoms with Gasteiger partial charge in [0.2, 0.25) is 5.91 Å². The number of anilines is 1. The zero-order chi connectivity index (χ0) is 17.2. The van der Waals surface area contributed by atoms with Crippen molar-refractivity contribution in [2.45, 2.75) is 66.7 Å². The van der Waals surface area contributed by atoms with Crippen LogP contribution in [0.2, 0.25) is 0 Å². The average molecular weight is 333 g/mol. The SMILES string of the molecule is CCC(CC)C(=O)Nc1sc2c(c1C#N)CC(CC(C)(C)C)C2. The molecule has 126 valence electrons. The standard InChI is InChI=1S/C19H28N2OS/c1-6-13(7-2)17(22)21-18-15(11-20)14-8-12(9-16(14)23-18)10-19(3,4)5/h12-13H,6-10H2,1-5H3,(H,21,22). The molecule has 4 heteroatoms. The van der Waals surface area contributed by atoms with Crippen LogP contribution >= 0.6 is 11.3 Å². The summed E-state index contributed by atoms with van der Waals surface area (Å²) in [6, 6.07) is 2.34. The van der Waals surface area contributed by atoms with Crippen LogP contribution in [-0.2, 0) is 17.6 Å². The van der Waals surface area contributed by atoms with Crippen molar-refractivity contribution in [3.05, 3.63) is 16.0 Å². The topological polar surface area (TPSA) is 52.9 Å². The summed E-state index contributed by atoms with van der Waals surface area (Å²) in [6.45, 7) is 10.9. The van der Waals surface area contributed by atoms with E-state index < -0.39 is 0 Å². The van der Waals surface area contributed by atoms with Gasteiger partial charge in [-0.1, -0.05) is 34.6 Å². The number of thiophene rings is 1. The summed E-state index contributed by atoms with van der Waals surface area (Å²) in [4.78, 5) is 13.6. The maximum absolute atomic E-state index is 12.3. The van der Waals surface area contributed by atoms with E-state index in [0.717, 1.165) is 30.7 Å². The summed E-state index contributed by atoms with van der Waals surface area (Å²) in [5, 5.41) is 13.3. The smallest absolute Gasteiger partial charge is 0.228 e. The number of rotatable bonds is 5. The van der Waals surface area contributed by atoms with Crippen molar-refractivity contribution < 1.29 is 4.79 Å². The van der Waals surface area contributed by atoms with Crippen LogP contribution in [0, 0.1) is 28.6 Å². The van der Waals surface area contributed by atoms with Crippen molar-refractivity contribution in [2.75, 3.05) is 5.32 Å². The highest BCUT2D eigenvalue weighted by Crippen LogP contribution is 2.43. The number of hydrogen-bond donors (Lipinski definition) is 1. The van der Waals surface area contributed by atoms with E-state index >= 15 is 0 Å². The van der Waals surface area contributed by atoms with E-state index in [1.54, 1.807) is 11.3 Å². The van der Waals surface area contributed by atoms with Crippen LogP contribution < -0.4 is 5.32 Å². The molecule has 1 N–H and O–H groups in total. The number of nitrogens with zero attached hydrogens (tertiary/aromatic N) is 1. The number of fused-ring (bicyclic) bond motifs is 1. The number of hydrogen-bond acceptors (Lipinski definition) is 3. The number of amides is 1. The minimum absolute atomic E-state index is 0.0344. The Morgan fingerprint density at radius 3 is 2.52 bits per heavy atom. The van der Waals surface area contributed by atoms with Gasteiger partial charge in [0, 0.05) is 10.8 Å². The molecule has 1 aliphatic rings. The summed E-state index contributed by atoms with van der Waals surface area (Å²) in [5.74, 6) is 0.719. The minimum atomic E-state index is 0.0344. The predicted octanol–water partition coefficient (Wildman–Crippen LogP) is 5.15. The third kappa shape index (κ3) is 4.14. The fourth-order valence-electron chi connectivity index (χ4n) is 3.61. The summed E-state index contributed by atoms with van der Waals surface area (Å²) >= 11 is 1.62. The van der Waals surface area contributed by atoms with Gasteiger partial charge >= 0.3 is 0 Å². The van der Waals surface area contributed by atoms with E-state index in [9.17, 15) is 10.1 Å². The first kappa shape index (κ1) is 18.0. The second kappa shape index (κ2) is 7.05. The second-order valence-electron chi connectivity index (χ2n) is 7.86. The minimum Gasteiger partial charge on any atom is -0.316 e. The fraction of sp³-hybridized carbons (Fsp3) is 0.684. The van der Waals surface area contributed by atoms with Crippen molar-refractivity contribution in [3.8, 4) is 6.07 Å².